The van der Waals surface area contributed by atoms with Crippen LogP contribution in [0.4, 0.5) is 8.78 Å². The van der Waals surface area contributed by atoms with Crippen LogP contribution in [-0.2, 0) is 0 Å². The van der Waals surface area contributed by atoms with Crippen molar-refractivity contribution < 1.29 is 8.78 Å². The monoisotopic (exact) mass is 180 g/mol. The highest BCUT2D eigenvalue weighted by atomic mass is 19.3. The van der Waals surface area contributed by atoms with Gasteiger partial charge in [0.2, 0.25) is 0 Å². The van der Waals surface area contributed by atoms with E-state index in [0.29, 0.717) is 0 Å². The van der Waals surface area contributed by atoms with Crippen molar-refractivity contribution in [2.75, 3.05) is 0 Å². The molecule has 0 amide bonds. The Morgan fingerprint density at radius 1 is 1.15 bits per heavy atom. The minimum Gasteiger partial charge on any atom is -0.173 e. The summed E-state index contributed by atoms with van der Waals surface area (Å²) in [6.07, 6.45) is 1.44. The molecule has 68 valence electrons. The predicted molar refractivity (Wildman–Crippen MR) is 50.4 cm³/mol. The zero-order valence-corrected chi connectivity index (χ0v) is 7.30. The Labute approximate surface area is 76.2 Å². The summed E-state index contributed by atoms with van der Waals surface area (Å²) in [4.78, 5) is 0. The van der Waals surface area contributed by atoms with Gasteiger partial charge in [-0.15, -0.1) is 0 Å². The van der Waals surface area contributed by atoms with Crippen molar-refractivity contribution in [1.29, 1.82) is 0 Å². The fraction of sp³-hybridized carbons (Fsp3) is 0.0909. The molecular weight excluding hydrogens is 170 g/mol. The van der Waals surface area contributed by atoms with Crippen LogP contribution < -0.4 is 0 Å². The third-order valence-electron chi connectivity index (χ3n) is 1.62. The molecule has 1 aromatic rings. The molecule has 0 aliphatic carbocycles. The van der Waals surface area contributed by atoms with Crippen molar-refractivity contribution in [3.05, 3.63) is 53.6 Å². The summed E-state index contributed by atoms with van der Waals surface area (Å²) in [6.45, 7) is 1.38. The van der Waals surface area contributed by atoms with Crippen LogP contribution in [0.25, 0.3) is 6.08 Å². The van der Waals surface area contributed by atoms with E-state index in [2.05, 4.69) is 0 Å². The van der Waals surface area contributed by atoms with Crippen LogP contribution >= 0.6 is 0 Å². The summed E-state index contributed by atoms with van der Waals surface area (Å²) < 4.78 is 23.9. The second-order valence-electron chi connectivity index (χ2n) is 2.69. The molecule has 0 heterocycles. The summed E-state index contributed by atoms with van der Waals surface area (Å²) >= 11 is 0. The predicted octanol–water partition coefficient (Wildman–Crippen LogP) is 3.87. The molecular formula is C11H10F2. The van der Waals surface area contributed by atoms with Crippen LogP contribution in [0.1, 0.15) is 12.5 Å². The highest BCUT2D eigenvalue weighted by Crippen LogP contribution is 2.10. The Morgan fingerprint density at radius 2 is 1.77 bits per heavy atom. The van der Waals surface area contributed by atoms with Crippen molar-refractivity contribution in [3.8, 4) is 0 Å². The Balaban J connectivity index is 2.76. The number of hydrogen-bond donors (Lipinski definition) is 0. The maximum atomic E-state index is 12.0. The van der Waals surface area contributed by atoms with E-state index in [-0.39, 0.29) is 5.57 Å². The first-order valence-electron chi connectivity index (χ1n) is 3.95. The second kappa shape index (κ2) is 4.55. The summed E-state index contributed by atoms with van der Waals surface area (Å²) in [5.74, 6) is 0. The minimum absolute atomic E-state index is 0.00357. The summed E-state index contributed by atoms with van der Waals surface area (Å²) in [6, 6.07) is 9.34. The molecule has 0 radical (unpaired) electrons. The van der Waals surface area contributed by atoms with Crippen LogP contribution in [0, 0.1) is 0 Å². The minimum atomic E-state index is -1.63. The van der Waals surface area contributed by atoms with E-state index in [1.54, 1.807) is 6.08 Å². The third-order valence-corrected chi connectivity index (χ3v) is 1.62. The summed E-state index contributed by atoms with van der Waals surface area (Å²) in [5, 5.41) is 0. The molecule has 0 saturated heterocycles. The molecule has 0 N–H and O–H groups in total. The van der Waals surface area contributed by atoms with Gasteiger partial charge in [-0.05, 0) is 12.5 Å². The van der Waals surface area contributed by atoms with Gasteiger partial charge in [0.15, 0.2) is 0 Å². The first kappa shape index (κ1) is 9.65. The molecule has 0 bridgehead atoms. The fourth-order valence-electron chi connectivity index (χ4n) is 0.848. The molecule has 0 aliphatic heterocycles. The highest BCUT2D eigenvalue weighted by Gasteiger charge is 1.93. The molecule has 1 aromatic carbocycles. The van der Waals surface area contributed by atoms with Gasteiger partial charge in [0, 0.05) is 5.57 Å². The van der Waals surface area contributed by atoms with E-state index < -0.39 is 6.08 Å². The molecule has 0 unspecified atom stereocenters. The summed E-state index contributed by atoms with van der Waals surface area (Å²) in [7, 11) is 0. The van der Waals surface area contributed by atoms with Gasteiger partial charge >= 0.3 is 0 Å². The van der Waals surface area contributed by atoms with Gasteiger partial charge in [-0.1, -0.05) is 42.5 Å². The van der Waals surface area contributed by atoms with Crippen LogP contribution in [0.2, 0.25) is 0 Å². The van der Waals surface area contributed by atoms with Crippen molar-refractivity contribution in [2.24, 2.45) is 0 Å². The zero-order chi connectivity index (χ0) is 9.68. The van der Waals surface area contributed by atoms with Crippen molar-refractivity contribution >= 4 is 6.08 Å². The second-order valence-corrected chi connectivity index (χ2v) is 2.69. The molecule has 0 aromatic heterocycles. The number of hydrogen-bond acceptors (Lipinski definition) is 0. The zero-order valence-electron chi connectivity index (χ0n) is 7.30. The van der Waals surface area contributed by atoms with Gasteiger partial charge in [-0.2, -0.15) is 8.78 Å². The van der Waals surface area contributed by atoms with E-state index in [1.165, 1.54) is 13.0 Å². The maximum absolute atomic E-state index is 12.0. The topological polar surface area (TPSA) is 0 Å². The molecule has 13 heavy (non-hydrogen) atoms. The molecule has 1 rings (SSSR count). The highest BCUT2D eigenvalue weighted by molar-refractivity contribution is 5.52. The number of halogens is 2. The largest absolute Gasteiger partial charge is 0.273 e. The molecule has 0 nitrogen and oxygen atoms in total. The lowest BCUT2D eigenvalue weighted by Gasteiger charge is -1.91. The SMILES string of the molecule is CC(/C=C/c1ccccc1)=C(F)F. The number of benzene rings is 1. The Hall–Kier alpha value is -1.44. The van der Waals surface area contributed by atoms with Crippen LogP contribution in [0.15, 0.2) is 48.1 Å². The average molecular weight is 180 g/mol. The van der Waals surface area contributed by atoms with Gasteiger partial charge < -0.3 is 0 Å². The van der Waals surface area contributed by atoms with E-state index >= 15 is 0 Å². The van der Waals surface area contributed by atoms with Gasteiger partial charge in [-0.3, -0.25) is 0 Å². The normalized spacial score (nSPS) is 10.4. The lowest BCUT2D eigenvalue weighted by atomic mass is 10.2. The lowest BCUT2D eigenvalue weighted by molar-refractivity contribution is 0.415. The van der Waals surface area contributed by atoms with Gasteiger partial charge in [-0.25, -0.2) is 0 Å². The standard InChI is InChI=1S/C11H10F2/c1-9(11(12)13)7-8-10-5-3-2-4-6-10/h2-8H,1H3/b8-7+. The van der Waals surface area contributed by atoms with E-state index in [1.807, 2.05) is 30.3 Å². The van der Waals surface area contributed by atoms with Crippen molar-refractivity contribution in [1.82, 2.24) is 0 Å². The van der Waals surface area contributed by atoms with Gasteiger partial charge in [0.1, 0.15) is 0 Å². The molecule has 2 heteroatoms. The maximum Gasteiger partial charge on any atom is 0.273 e. The van der Waals surface area contributed by atoms with Crippen molar-refractivity contribution in [3.63, 3.8) is 0 Å². The molecule has 0 aliphatic rings. The van der Waals surface area contributed by atoms with Crippen LogP contribution in [0.3, 0.4) is 0 Å². The third kappa shape index (κ3) is 3.20. The smallest absolute Gasteiger partial charge is 0.173 e. The number of rotatable bonds is 2. The Bertz CT molecular complexity index is 319. The van der Waals surface area contributed by atoms with Gasteiger partial charge in [0.05, 0.1) is 0 Å². The number of allylic oxidation sites excluding steroid dienone is 2. The quantitative estimate of drug-likeness (QED) is 0.606. The first-order valence-corrected chi connectivity index (χ1v) is 3.95. The van der Waals surface area contributed by atoms with E-state index in [4.69, 9.17) is 0 Å². The Morgan fingerprint density at radius 3 is 2.31 bits per heavy atom. The molecule has 0 spiro atoms. The first-order chi connectivity index (χ1) is 6.20. The molecule has 0 atom stereocenters. The summed E-state index contributed by atoms with van der Waals surface area (Å²) in [5.41, 5.74) is 0.923. The average Bonchev–Trinajstić information content (AvgIpc) is 2.15. The van der Waals surface area contributed by atoms with Crippen LogP contribution in [0.5, 0.6) is 0 Å². The van der Waals surface area contributed by atoms with Crippen molar-refractivity contribution in [2.45, 2.75) is 6.92 Å². The fourth-order valence-corrected chi connectivity index (χ4v) is 0.848. The van der Waals surface area contributed by atoms with Crippen LogP contribution in [-0.4, -0.2) is 0 Å². The molecule has 0 saturated carbocycles. The van der Waals surface area contributed by atoms with Gasteiger partial charge in [0.25, 0.3) is 6.08 Å². The Kier molecular flexibility index (Phi) is 3.38. The van der Waals surface area contributed by atoms with E-state index in [9.17, 15) is 8.78 Å². The molecule has 0 fully saturated rings. The lowest BCUT2D eigenvalue weighted by Crippen LogP contribution is -1.72. The van der Waals surface area contributed by atoms with E-state index in [0.717, 1.165) is 5.56 Å².